The van der Waals surface area contributed by atoms with Crippen molar-refractivity contribution >= 4 is 0 Å². The summed E-state index contributed by atoms with van der Waals surface area (Å²) in [6, 6.07) is 10.5. The molecular weight excluding hydrogens is 260 g/mol. The van der Waals surface area contributed by atoms with E-state index in [9.17, 15) is 5.11 Å². The molecule has 0 heterocycles. The van der Waals surface area contributed by atoms with Crippen molar-refractivity contribution in [2.75, 3.05) is 6.61 Å². The number of rotatable bonds is 5. The Hall–Kier alpha value is -0.860. The molecule has 0 aliphatic heterocycles. The van der Waals surface area contributed by atoms with Crippen molar-refractivity contribution in [1.82, 2.24) is 0 Å². The van der Waals surface area contributed by atoms with E-state index in [0.29, 0.717) is 11.3 Å². The van der Waals surface area contributed by atoms with Crippen LogP contribution in [0.5, 0.6) is 0 Å². The van der Waals surface area contributed by atoms with Crippen LogP contribution in [0.3, 0.4) is 0 Å². The average Bonchev–Trinajstić information content (AvgIpc) is 2.45. The van der Waals surface area contributed by atoms with Gasteiger partial charge < -0.3 is 9.84 Å². The van der Waals surface area contributed by atoms with E-state index in [-0.39, 0.29) is 12.2 Å². The molecule has 21 heavy (non-hydrogen) atoms. The highest BCUT2D eigenvalue weighted by Gasteiger charge is 2.35. The Morgan fingerprint density at radius 2 is 1.86 bits per heavy atom. The van der Waals surface area contributed by atoms with Gasteiger partial charge in [0.15, 0.2) is 0 Å². The van der Waals surface area contributed by atoms with Gasteiger partial charge in [0.1, 0.15) is 0 Å². The maximum Gasteiger partial charge on any atom is 0.0836 e. The molecule has 1 aliphatic carbocycles. The maximum absolute atomic E-state index is 10.1. The molecule has 2 nitrogen and oxygen atoms in total. The Balaban J connectivity index is 1.73. The van der Waals surface area contributed by atoms with Gasteiger partial charge in [-0.25, -0.2) is 0 Å². The van der Waals surface area contributed by atoms with Crippen LogP contribution < -0.4 is 0 Å². The Morgan fingerprint density at radius 1 is 1.14 bits per heavy atom. The van der Waals surface area contributed by atoms with Crippen LogP contribution in [0.4, 0.5) is 0 Å². The molecule has 2 rings (SSSR count). The molecule has 3 unspecified atom stereocenters. The van der Waals surface area contributed by atoms with Crippen LogP contribution in [0.25, 0.3) is 0 Å². The van der Waals surface area contributed by atoms with Crippen LogP contribution in [0, 0.1) is 11.3 Å². The van der Waals surface area contributed by atoms with E-state index in [1.165, 1.54) is 5.56 Å². The first-order chi connectivity index (χ1) is 9.97. The number of aliphatic hydroxyl groups is 1. The highest BCUT2D eigenvalue weighted by Crippen LogP contribution is 2.38. The lowest BCUT2D eigenvalue weighted by atomic mass is 9.71. The van der Waals surface area contributed by atoms with E-state index >= 15 is 0 Å². The van der Waals surface area contributed by atoms with Crippen LogP contribution in [-0.4, -0.2) is 23.9 Å². The minimum absolute atomic E-state index is 0.0266. The molecule has 0 aromatic heterocycles. The molecule has 0 saturated heterocycles. The van der Waals surface area contributed by atoms with Gasteiger partial charge in [-0.3, -0.25) is 0 Å². The largest absolute Gasteiger partial charge is 0.390 e. The number of benzene rings is 1. The molecular formula is C19H30O2. The molecule has 1 aliphatic rings. The van der Waals surface area contributed by atoms with Crippen LogP contribution in [0.15, 0.2) is 30.3 Å². The third-order valence-electron chi connectivity index (χ3n) is 4.77. The molecule has 3 atom stereocenters. The summed E-state index contributed by atoms with van der Waals surface area (Å²) in [6.45, 7) is 7.62. The van der Waals surface area contributed by atoms with Gasteiger partial charge in [0.25, 0.3) is 0 Å². The Bertz CT molecular complexity index is 407. The van der Waals surface area contributed by atoms with Crippen molar-refractivity contribution in [2.45, 2.75) is 65.1 Å². The molecule has 1 saturated carbocycles. The first-order valence-electron chi connectivity index (χ1n) is 8.30. The van der Waals surface area contributed by atoms with Gasteiger partial charge in [-0.05, 0) is 49.0 Å². The molecule has 1 aromatic rings. The summed E-state index contributed by atoms with van der Waals surface area (Å²) in [5.74, 6) is 0.653. The maximum atomic E-state index is 10.1. The molecule has 0 amide bonds. The minimum atomic E-state index is -0.277. The van der Waals surface area contributed by atoms with Gasteiger partial charge >= 0.3 is 0 Å². The lowest BCUT2D eigenvalue weighted by Gasteiger charge is -2.39. The van der Waals surface area contributed by atoms with E-state index < -0.39 is 0 Å². The minimum Gasteiger partial charge on any atom is -0.390 e. The number of hydrogen-bond acceptors (Lipinski definition) is 2. The van der Waals surface area contributed by atoms with Gasteiger partial charge in [0.2, 0.25) is 0 Å². The lowest BCUT2D eigenvalue weighted by Crippen LogP contribution is -2.40. The summed E-state index contributed by atoms with van der Waals surface area (Å²) < 4.78 is 5.99. The second kappa shape index (κ2) is 7.42. The zero-order valence-corrected chi connectivity index (χ0v) is 13.7. The summed E-state index contributed by atoms with van der Waals surface area (Å²) in [5, 5.41) is 10.1. The number of hydrogen-bond donors (Lipinski definition) is 1. The molecule has 0 radical (unpaired) electrons. The van der Waals surface area contributed by atoms with Crippen LogP contribution in [0.2, 0.25) is 0 Å². The molecule has 1 aromatic carbocycles. The smallest absolute Gasteiger partial charge is 0.0836 e. The second-order valence-corrected chi connectivity index (χ2v) is 7.44. The first kappa shape index (κ1) is 16.5. The normalized spacial score (nSPS) is 26.8. The van der Waals surface area contributed by atoms with Crippen molar-refractivity contribution in [3.63, 3.8) is 0 Å². The van der Waals surface area contributed by atoms with E-state index in [4.69, 9.17) is 4.74 Å². The van der Waals surface area contributed by atoms with Crippen molar-refractivity contribution in [3.8, 4) is 0 Å². The van der Waals surface area contributed by atoms with E-state index in [1.807, 2.05) is 6.07 Å². The molecule has 1 fully saturated rings. The van der Waals surface area contributed by atoms with Crippen molar-refractivity contribution in [3.05, 3.63) is 35.9 Å². The van der Waals surface area contributed by atoms with Crippen molar-refractivity contribution in [2.24, 2.45) is 11.3 Å². The average molecular weight is 290 g/mol. The van der Waals surface area contributed by atoms with E-state index in [2.05, 4.69) is 45.0 Å². The monoisotopic (exact) mass is 290 g/mol. The van der Waals surface area contributed by atoms with Crippen molar-refractivity contribution < 1.29 is 9.84 Å². The fourth-order valence-corrected chi connectivity index (χ4v) is 3.23. The highest BCUT2D eigenvalue weighted by atomic mass is 16.5. The lowest BCUT2D eigenvalue weighted by molar-refractivity contribution is -0.0841. The Labute approximate surface area is 129 Å². The molecule has 1 N–H and O–H groups in total. The quantitative estimate of drug-likeness (QED) is 0.823. The molecule has 0 bridgehead atoms. The predicted molar refractivity (Wildman–Crippen MR) is 87.3 cm³/mol. The predicted octanol–water partition coefficient (Wildman–Crippen LogP) is 4.21. The summed E-state index contributed by atoms with van der Waals surface area (Å²) in [4.78, 5) is 0. The zero-order valence-electron chi connectivity index (χ0n) is 13.7. The van der Waals surface area contributed by atoms with E-state index in [0.717, 1.165) is 38.7 Å². The zero-order chi connectivity index (χ0) is 15.3. The fraction of sp³-hybridized carbons (Fsp3) is 0.684. The molecule has 2 heteroatoms. The Morgan fingerprint density at radius 3 is 2.52 bits per heavy atom. The molecule has 0 spiro atoms. The van der Waals surface area contributed by atoms with Gasteiger partial charge in [0, 0.05) is 6.61 Å². The number of ether oxygens (including phenoxy) is 1. The first-order valence-corrected chi connectivity index (χ1v) is 8.30. The topological polar surface area (TPSA) is 29.5 Å². The summed E-state index contributed by atoms with van der Waals surface area (Å²) in [5.41, 5.74) is 1.67. The highest BCUT2D eigenvalue weighted by molar-refractivity contribution is 5.14. The standard InChI is InChI=1S/C19H30O2/c1-19(2,3)16-11-12-17(20)18(14-16)21-13-7-10-15-8-5-4-6-9-15/h4-6,8-9,16-18,20H,7,10-14H2,1-3H3. The van der Waals surface area contributed by atoms with Crippen LogP contribution in [-0.2, 0) is 11.2 Å². The summed E-state index contributed by atoms with van der Waals surface area (Å²) in [7, 11) is 0. The summed E-state index contributed by atoms with van der Waals surface area (Å²) in [6.07, 6.45) is 4.81. The van der Waals surface area contributed by atoms with Gasteiger partial charge in [-0.1, -0.05) is 51.1 Å². The van der Waals surface area contributed by atoms with Crippen LogP contribution >= 0.6 is 0 Å². The number of aryl methyl sites for hydroxylation is 1. The third-order valence-corrected chi connectivity index (χ3v) is 4.77. The van der Waals surface area contributed by atoms with Gasteiger partial charge in [0.05, 0.1) is 12.2 Å². The second-order valence-electron chi connectivity index (χ2n) is 7.44. The fourth-order valence-electron chi connectivity index (χ4n) is 3.23. The van der Waals surface area contributed by atoms with Crippen molar-refractivity contribution in [1.29, 1.82) is 0 Å². The number of aliphatic hydroxyl groups excluding tert-OH is 1. The van der Waals surface area contributed by atoms with E-state index in [1.54, 1.807) is 0 Å². The summed E-state index contributed by atoms with van der Waals surface area (Å²) >= 11 is 0. The van der Waals surface area contributed by atoms with Gasteiger partial charge in [-0.15, -0.1) is 0 Å². The third kappa shape index (κ3) is 5.12. The molecule has 118 valence electrons. The van der Waals surface area contributed by atoms with Gasteiger partial charge in [-0.2, -0.15) is 0 Å². The SMILES string of the molecule is CC(C)(C)C1CCC(O)C(OCCCc2ccccc2)C1. The van der Waals surface area contributed by atoms with Crippen LogP contribution in [0.1, 0.15) is 52.0 Å². The Kier molecular flexibility index (Phi) is 5.83.